The monoisotopic (exact) mass is 265 g/mol. The van der Waals surface area contributed by atoms with Gasteiger partial charge in [-0.05, 0) is 36.7 Å². The fraction of sp³-hybridized carbons (Fsp3) is 0.600. The molecule has 19 heavy (non-hydrogen) atoms. The number of likely N-dealkylation sites (N-methyl/N-ethyl adjacent to an activating group) is 1. The van der Waals surface area contributed by atoms with Crippen LogP contribution in [0.4, 0.5) is 4.39 Å². The van der Waals surface area contributed by atoms with Gasteiger partial charge in [0.05, 0.1) is 0 Å². The Labute approximate surface area is 115 Å². The summed E-state index contributed by atoms with van der Waals surface area (Å²) in [5, 5.41) is 0. The van der Waals surface area contributed by atoms with E-state index in [4.69, 9.17) is 5.73 Å². The lowest BCUT2D eigenvalue weighted by atomic mass is 9.99. The zero-order chi connectivity index (χ0) is 13.8. The molecule has 0 radical (unpaired) electrons. The molecule has 1 saturated heterocycles. The van der Waals surface area contributed by atoms with Crippen molar-refractivity contribution < 1.29 is 4.39 Å². The third-order valence-corrected chi connectivity index (χ3v) is 4.12. The van der Waals surface area contributed by atoms with Crippen LogP contribution in [0, 0.1) is 12.7 Å². The molecule has 1 atom stereocenters. The smallest absolute Gasteiger partial charge is 0.123 e. The number of nitrogens with two attached hydrogens (primary N) is 1. The third kappa shape index (κ3) is 3.32. The minimum atomic E-state index is -0.175. The topological polar surface area (TPSA) is 32.5 Å². The number of piperazine rings is 1. The second-order valence-electron chi connectivity index (χ2n) is 5.22. The maximum absolute atomic E-state index is 13.5. The van der Waals surface area contributed by atoms with Crippen molar-refractivity contribution in [1.82, 2.24) is 9.80 Å². The van der Waals surface area contributed by atoms with Crippen LogP contribution in [0.5, 0.6) is 0 Å². The van der Waals surface area contributed by atoms with Gasteiger partial charge in [-0.15, -0.1) is 0 Å². The molecule has 106 valence electrons. The summed E-state index contributed by atoms with van der Waals surface area (Å²) in [6.07, 6.45) is 0. The molecule has 1 aliphatic rings. The van der Waals surface area contributed by atoms with E-state index in [1.165, 1.54) is 6.07 Å². The van der Waals surface area contributed by atoms with Crippen LogP contribution in [-0.4, -0.2) is 49.1 Å². The standard InChI is InChI=1S/C15H24FN3/c1-3-18-6-8-19(9-7-18)15(11-17)14-10-13(16)5-4-12(14)2/h4-5,10,15H,3,6-9,11,17H2,1-2H3. The van der Waals surface area contributed by atoms with Gasteiger partial charge in [0.1, 0.15) is 5.82 Å². The molecule has 0 aliphatic carbocycles. The van der Waals surface area contributed by atoms with Crippen molar-refractivity contribution in [3.8, 4) is 0 Å². The zero-order valence-electron chi connectivity index (χ0n) is 11.9. The summed E-state index contributed by atoms with van der Waals surface area (Å²) in [7, 11) is 0. The summed E-state index contributed by atoms with van der Waals surface area (Å²) in [4.78, 5) is 4.82. The minimum Gasteiger partial charge on any atom is -0.329 e. The second kappa shape index (κ2) is 6.46. The van der Waals surface area contributed by atoms with E-state index in [0.717, 1.165) is 43.9 Å². The van der Waals surface area contributed by atoms with Gasteiger partial charge in [-0.3, -0.25) is 4.90 Å². The van der Waals surface area contributed by atoms with Gasteiger partial charge < -0.3 is 10.6 Å². The van der Waals surface area contributed by atoms with Crippen LogP contribution in [0.25, 0.3) is 0 Å². The molecular formula is C15H24FN3. The number of aryl methyl sites for hydroxylation is 1. The van der Waals surface area contributed by atoms with Crippen molar-refractivity contribution in [2.75, 3.05) is 39.3 Å². The molecule has 4 heteroatoms. The van der Waals surface area contributed by atoms with Crippen molar-refractivity contribution in [3.05, 3.63) is 35.1 Å². The van der Waals surface area contributed by atoms with Crippen molar-refractivity contribution in [1.29, 1.82) is 0 Å². The van der Waals surface area contributed by atoms with Crippen LogP contribution >= 0.6 is 0 Å². The average Bonchev–Trinajstić information content (AvgIpc) is 2.44. The highest BCUT2D eigenvalue weighted by atomic mass is 19.1. The van der Waals surface area contributed by atoms with E-state index in [1.54, 1.807) is 6.07 Å². The van der Waals surface area contributed by atoms with Crippen LogP contribution in [-0.2, 0) is 0 Å². The number of rotatable bonds is 4. The van der Waals surface area contributed by atoms with Gasteiger partial charge in [-0.1, -0.05) is 13.0 Å². The van der Waals surface area contributed by atoms with Crippen LogP contribution in [0.1, 0.15) is 24.1 Å². The summed E-state index contributed by atoms with van der Waals surface area (Å²) in [6.45, 7) is 10.0. The summed E-state index contributed by atoms with van der Waals surface area (Å²) >= 11 is 0. The van der Waals surface area contributed by atoms with Gasteiger partial charge in [0.15, 0.2) is 0 Å². The molecule has 2 rings (SSSR count). The van der Waals surface area contributed by atoms with E-state index < -0.39 is 0 Å². The Balaban J connectivity index is 2.14. The fourth-order valence-electron chi connectivity index (χ4n) is 2.83. The predicted molar refractivity (Wildman–Crippen MR) is 76.6 cm³/mol. The SMILES string of the molecule is CCN1CCN(C(CN)c2cc(F)ccc2C)CC1. The molecule has 1 aliphatic heterocycles. The molecule has 1 unspecified atom stereocenters. The lowest BCUT2D eigenvalue weighted by Gasteiger charge is -2.39. The van der Waals surface area contributed by atoms with E-state index >= 15 is 0 Å². The van der Waals surface area contributed by atoms with Gasteiger partial charge in [-0.25, -0.2) is 4.39 Å². The first-order valence-electron chi connectivity index (χ1n) is 7.08. The first kappa shape index (κ1) is 14.4. The molecule has 0 spiro atoms. The Kier molecular flexibility index (Phi) is 4.91. The Bertz CT molecular complexity index is 414. The van der Waals surface area contributed by atoms with Crippen molar-refractivity contribution in [2.45, 2.75) is 19.9 Å². The number of benzene rings is 1. The highest BCUT2D eigenvalue weighted by molar-refractivity contribution is 5.30. The van der Waals surface area contributed by atoms with E-state index in [1.807, 2.05) is 13.0 Å². The lowest BCUT2D eigenvalue weighted by Crippen LogP contribution is -2.48. The van der Waals surface area contributed by atoms with Crippen LogP contribution < -0.4 is 5.73 Å². The molecule has 0 saturated carbocycles. The van der Waals surface area contributed by atoms with Crippen LogP contribution in [0.2, 0.25) is 0 Å². The second-order valence-corrected chi connectivity index (χ2v) is 5.22. The predicted octanol–water partition coefficient (Wildman–Crippen LogP) is 1.77. The minimum absolute atomic E-state index is 0.134. The van der Waals surface area contributed by atoms with E-state index in [2.05, 4.69) is 16.7 Å². The van der Waals surface area contributed by atoms with Crippen molar-refractivity contribution in [3.63, 3.8) is 0 Å². The van der Waals surface area contributed by atoms with Gasteiger partial charge in [0.2, 0.25) is 0 Å². The molecule has 0 aromatic heterocycles. The maximum atomic E-state index is 13.5. The van der Waals surface area contributed by atoms with Crippen LogP contribution in [0.3, 0.4) is 0 Å². The Morgan fingerprint density at radius 1 is 1.26 bits per heavy atom. The quantitative estimate of drug-likeness (QED) is 0.900. The fourth-order valence-corrected chi connectivity index (χ4v) is 2.83. The number of halogens is 1. The lowest BCUT2D eigenvalue weighted by molar-refractivity contribution is 0.102. The first-order chi connectivity index (χ1) is 9.15. The Morgan fingerprint density at radius 3 is 2.53 bits per heavy atom. The summed E-state index contributed by atoms with van der Waals surface area (Å²) < 4.78 is 13.5. The number of nitrogens with zero attached hydrogens (tertiary/aromatic N) is 2. The van der Waals surface area contributed by atoms with Gasteiger partial charge in [-0.2, -0.15) is 0 Å². The molecule has 3 nitrogen and oxygen atoms in total. The van der Waals surface area contributed by atoms with Gasteiger partial charge >= 0.3 is 0 Å². The van der Waals surface area contributed by atoms with Crippen molar-refractivity contribution >= 4 is 0 Å². The Morgan fingerprint density at radius 2 is 1.95 bits per heavy atom. The van der Waals surface area contributed by atoms with E-state index in [-0.39, 0.29) is 11.9 Å². The molecular weight excluding hydrogens is 241 g/mol. The molecule has 1 fully saturated rings. The highest BCUT2D eigenvalue weighted by Gasteiger charge is 2.24. The molecule has 1 aromatic carbocycles. The van der Waals surface area contributed by atoms with E-state index in [9.17, 15) is 4.39 Å². The molecule has 0 amide bonds. The zero-order valence-corrected chi connectivity index (χ0v) is 11.9. The highest BCUT2D eigenvalue weighted by Crippen LogP contribution is 2.25. The first-order valence-corrected chi connectivity index (χ1v) is 7.08. The molecule has 1 aromatic rings. The normalized spacial score (nSPS) is 19.6. The van der Waals surface area contributed by atoms with E-state index in [0.29, 0.717) is 6.54 Å². The Hall–Kier alpha value is -0.970. The number of hydrogen-bond acceptors (Lipinski definition) is 3. The molecule has 2 N–H and O–H groups in total. The third-order valence-electron chi connectivity index (χ3n) is 4.12. The maximum Gasteiger partial charge on any atom is 0.123 e. The van der Waals surface area contributed by atoms with Gasteiger partial charge in [0.25, 0.3) is 0 Å². The van der Waals surface area contributed by atoms with Crippen molar-refractivity contribution in [2.24, 2.45) is 5.73 Å². The summed E-state index contributed by atoms with van der Waals surface area (Å²) in [5.41, 5.74) is 8.10. The average molecular weight is 265 g/mol. The molecule has 0 bridgehead atoms. The molecule has 1 heterocycles. The van der Waals surface area contributed by atoms with Crippen LogP contribution in [0.15, 0.2) is 18.2 Å². The summed E-state index contributed by atoms with van der Waals surface area (Å²) in [6, 6.07) is 5.13. The van der Waals surface area contributed by atoms with Gasteiger partial charge in [0, 0.05) is 38.8 Å². The largest absolute Gasteiger partial charge is 0.329 e. The summed E-state index contributed by atoms with van der Waals surface area (Å²) in [5.74, 6) is -0.175. The number of hydrogen-bond donors (Lipinski definition) is 1.